The number of rotatable bonds is 51. The van der Waals surface area contributed by atoms with Crippen LogP contribution in [0.3, 0.4) is 0 Å². The second-order valence-electron chi connectivity index (χ2n) is 18.9. The van der Waals surface area contributed by atoms with Gasteiger partial charge >= 0.3 is 17.9 Å². The summed E-state index contributed by atoms with van der Waals surface area (Å²) < 4.78 is 16.9. The third-order valence-corrected chi connectivity index (χ3v) is 12.5. The Morgan fingerprint density at radius 1 is 0.317 bits per heavy atom. The number of esters is 3. The Morgan fingerprint density at radius 2 is 0.571 bits per heavy atom. The molecule has 0 rings (SSSR count). The summed E-state index contributed by atoms with van der Waals surface area (Å²) in [6.07, 6.45) is 60.1. The fraction of sp³-hybridized carbons (Fsp3) is 0.877. The highest BCUT2D eigenvalue weighted by molar-refractivity contribution is 5.71. The van der Waals surface area contributed by atoms with E-state index in [4.69, 9.17) is 14.2 Å². The summed E-state index contributed by atoms with van der Waals surface area (Å²) in [5, 5.41) is 0. The number of unbranched alkanes of at least 4 members (excludes halogenated alkanes) is 36. The van der Waals surface area contributed by atoms with Crippen molar-refractivity contribution in [3.8, 4) is 0 Å². The number of carbonyl (C=O) groups excluding carboxylic acids is 3. The van der Waals surface area contributed by atoms with Crippen molar-refractivity contribution in [2.24, 2.45) is 0 Å². The predicted octanol–water partition coefficient (Wildman–Crippen LogP) is 18.3. The minimum Gasteiger partial charge on any atom is -0.462 e. The molecule has 0 radical (unpaired) electrons. The minimum atomic E-state index is -0.768. The van der Waals surface area contributed by atoms with Gasteiger partial charge in [-0.2, -0.15) is 0 Å². The molecule has 0 aliphatic heterocycles. The quantitative estimate of drug-likeness (QED) is 0.0262. The molecule has 370 valence electrons. The van der Waals surface area contributed by atoms with Crippen LogP contribution in [-0.2, 0) is 28.6 Å². The highest BCUT2D eigenvalue weighted by Gasteiger charge is 2.19. The first-order chi connectivity index (χ1) is 31.0. The third kappa shape index (κ3) is 50.7. The lowest BCUT2D eigenvalue weighted by Crippen LogP contribution is -2.30. The van der Waals surface area contributed by atoms with Crippen LogP contribution in [0.2, 0.25) is 0 Å². The molecule has 1 atom stereocenters. The monoisotopic (exact) mass is 887 g/mol. The van der Waals surface area contributed by atoms with E-state index >= 15 is 0 Å². The first-order valence-corrected chi connectivity index (χ1v) is 27.8. The number of ether oxygens (including phenoxy) is 3. The van der Waals surface area contributed by atoms with Gasteiger partial charge in [-0.1, -0.05) is 257 Å². The summed E-state index contributed by atoms with van der Waals surface area (Å²) in [4.78, 5) is 38.1. The fourth-order valence-electron chi connectivity index (χ4n) is 8.24. The Kier molecular flexibility index (Phi) is 50.8. The summed E-state index contributed by atoms with van der Waals surface area (Å²) in [6, 6.07) is 0. The average molecular weight is 887 g/mol. The Hall–Kier alpha value is -2.11. The summed E-state index contributed by atoms with van der Waals surface area (Å²) in [5.74, 6) is -0.857. The lowest BCUT2D eigenvalue weighted by molar-refractivity contribution is -0.167. The molecule has 0 fully saturated rings. The second-order valence-corrected chi connectivity index (χ2v) is 18.9. The number of carbonyl (C=O) groups is 3. The molecule has 0 saturated heterocycles. The van der Waals surface area contributed by atoms with Gasteiger partial charge in [-0.25, -0.2) is 0 Å². The maximum absolute atomic E-state index is 12.8. The van der Waals surface area contributed by atoms with E-state index in [1.165, 1.54) is 193 Å². The lowest BCUT2D eigenvalue weighted by atomic mass is 10.0. The van der Waals surface area contributed by atoms with E-state index in [1.807, 2.05) is 0 Å². The summed E-state index contributed by atoms with van der Waals surface area (Å²) >= 11 is 0. The third-order valence-electron chi connectivity index (χ3n) is 12.5. The van der Waals surface area contributed by atoms with Gasteiger partial charge < -0.3 is 14.2 Å². The summed E-state index contributed by atoms with van der Waals surface area (Å²) in [5.41, 5.74) is 0. The van der Waals surface area contributed by atoms with Crippen molar-refractivity contribution in [3.05, 3.63) is 24.3 Å². The average Bonchev–Trinajstić information content (AvgIpc) is 3.28. The minimum absolute atomic E-state index is 0.0683. The van der Waals surface area contributed by atoms with Gasteiger partial charge in [0.2, 0.25) is 0 Å². The molecule has 0 aliphatic rings. The van der Waals surface area contributed by atoms with E-state index in [9.17, 15) is 14.4 Å². The van der Waals surface area contributed by atoms with Crippen molar-refractivity contribution in [1.82, 2.24) is 0 Å². The number of allylic oxidation sites excluding steroid dienone is 4. The van der Waals surface area contributed by atoms with Crippen LogP contribution in [0.1, 0.15) is 303 Å². The maximum Gasteiger partial charge on any atom is 0.306 e. The molecule has 6 nitrogen and oxygen atoms in total. The molecule has 6 heteroatoms. The van der Waals surface area contributed by atoms with Crippen molar-refractivity contribution < 1.29 is 28.6 Å². The summed E-state index contributed by atoms with van der Waals surface area (Å²) in [7, 11) is 0. The highest BCUT2D eigenvalue weighted by atomic mass is 16.6. The smallest absolute Gasteiger partial charge is 0.306 e. The van der Waals surface area contributed by atoms with Gasteiger partial charge in [0.05, 0.1) is 0 Å². The van der Waals surface area contributed by atoms with Crippen molar-refractivity contribution in [1.29, 1.82) is 0 Å². The normalized spacial score (nSPS) is 12.1. The van der Waals surface area contributed by atoms with Crippen molar-refractivity contribution in [2.45, 2.75) is 309 Å². The Labute approximate surface area is 392 Å². The van der Waals surface area contributed by atoms with Crippen molar-refractivity contribution in [2.75, 3.05) is 13.2 Å². The standard InChI is InChI=1S/C57H106O6/c1-4-7-10-13-16-19-22-25-27-28-30-32-35-38-41-44-47-50-56(59)62-53-54(52-61-55(58)49-46-43-40-37-34-31-24-21-18-15-12-9-6-3)63-57(60)51-48-45-42-39-36-33-29-26-23-20-17-14-11-8-5-2/h16,19,25,27,54H,4-15,17-18,20-24,26,28-53H2,1-3H3/b19-16-,27-25-. The number of hydrogen-bond donors (Lipinski definition) is 0. The fourth-order valence-corrected chi connectivity index (χ4v) is 8.24. The van der Waals surface area contributed by atoms with Gasteiger partial charge in [0, 0.05) is 19.3 Å². The van der Waals surface area contributed by atoms with Crippen LogP contribution in [0.15, 0.2) is 24.3 Å². The Balaban J connectivity index is 4.33. The number of hydrogen-bond acceptors (Lipinski definition) is 6. The van der Waals surface area contributed by atoms with E-state index in [-0.39, 0.29) is 31.1 Å². The molecular weight excluding hydrogens is 781 g/mol. The zero-order chi connectivity index (χ0) is 45.8. The second kappa shape index (κ2) is 52.5. The molecule has 0 aliphatic carbocycles. The van der Waals surface area contributed by atoms with Crippen LogP contribution in [0, 0.1) is 0 Å². The van der Waals surface area contributed by atoms with Gasteiger partial charge in [-0.3, -0.25) is 14.4 Å². The topological polar surface area (TPSA) is 78.9 Å². The first kappa shape index (κ1) is 60.9. The van der Waals surface area contributed by atoms with Crippen LogP contribution in [0.4, 0.5) is 0 Å². The molecule has 0 aromatic carbocycles. The van der Waals surface area contributed by atoms with Gasteiger partial charge in [-0.15, -0.1) is 0 Å². The zero-order valence-electron chi connectivity index (χ0n) is 42.4. The van der Waals surface area contributed by atoms with E-state index in [0.717, 1.165) is 70.6 Å². The molecule has 0 N–H and O–H groups in total. The largest absolute Gasteiger partial charge is 0.462 e. The van der Waals surface area contributed by atoms with Crippen LogP contribution in [0.5, 0.6) is 0 Å². The van der Waals surface area contributed by atoms with Gasteiger partial charge in [0.1, 0.15) is 13.2 Å². The van der Waals surface area contributed by atoms with Gasteiger partial charge in [0.25, 0.3) is 0 Å². The molecule has 0 amide bonds. The van der Waals surface area contributed by atoms with Gasteiger partial charge in [0.15, 0.2) is 6.10 Å². The van der Waals surface area contributed by atoms with E-state index in [2.05, 4.69) is 45.1 Å². The molecule has 0 aromatic rings. The van der Waals surface area contributed by atoms with E-state index in [0.29, 0.717) is 19.3 Å². The Morgan fingerprint density at radius 3 is 0.905 bits per heavy atom. The lowest BCUT2D eigenvalue weighted by Gasteiger charge is -2.18. The molecule has 0 spiro atoms. The van der Waals surface area contributed by atoms with E-state index in [1.54, 1.807) is 0 Å². The molecule has 1 unspecified atom stereocenters. The molecule has 0 aromatic heterocycles. The SMILES string of the molecule is CCCCC/C=C\C/C=C\CCCCCCCCCC(=O)OCC(COC(=O)CCCCCCCCCCCCCCC)OC(=O)CCCCCCCCCCCCCCCCC. The molecule has 0 heterocycles. The first-order valence-electron chi connectivity index (χ1n) is 27.8. The van der Waals surface area contributed by atoms with Crippen LogP contribution in [0.25, 0.3) is 0 Å². The summed E-state index contributed by atoms with van der Waals surface area (Å²) in [6.45, 7) is 6.65. The molecular formula is C57H106O6. The zero-order valence-corrected chi connectivity index (χ0v) is 42.4. The Bertz CT molecular complexity index is 1020. The van der Waals surface area contributed by atoms with E-state index < -0.39 is 6.10 Å². The highest BCUT2D eigenvalue weighted by Crippen LogP contribution is 2.16. The van der Waals surface area contributed by atoms with Crippen LogP contribution < -0.4 is 0 Å². The van der Waals surface area contributed by atoms with Gasteiger partial charge in [-0.05, 0) is 51.4 Å². The molecule has 63 heavy (non-hydrogen) atoms. The maximum atomic E-state index is 12.8. The molecule has 0 bridgehead atoms. The predicted molar refractivity (Wildman–Crippen MR) is 270 cm³/mol. The molecule has 0 saturated carbocycles. The van der Waals surface area contributed by atoms with Crippen molar-refractivity contribution >= 4 is 17.9 Å². The van der Waals surface area contributed by atoms with Crippen LogP contribution in [-0.4, -0.2) is 37.2 Å². The van der Waals surface area contributed by atoms with Crippen LogP contribution >= 0.6 is 0 Å². The van der Waals surface area contributed by atoms with Crippen molar-refractivity contribution in [3.63, 3.8) is 0 Å².